The molecule has 2 heterocycles. The van der Waals surface area contributed by atoms with Gasteiger partial charge in [0.15, 0.2) is 0 Å². The molecule has 1 aromatic heterocycles. The molecule has 3 heteroatoms. The van der Waals surface area contributed by atoms with Crippen LogP contribution < -0.4 is 5.73 Å². The summed E-state index contributed by atoms with van der Waals surface area (Å²) in [6.45, 7) is 3.98. The normalized spacial score (nSPS) is 25.1. The Morgan fingerprint density at radius 1 is 1.44 bits per heavy atom. The van der Waals surface area contributed by atoms with Crippen molar-refractivity contribution in [2.75, 3.05) is 20.1 Å². The van der Waals surface area contributed by atoms with Crippen molar-refractivity contribution in [3.8, 4) is 0 Å². The predicted molar refractivity (Wildman–Crippen MR) is 73.5 cm³/mol. The number of benzene rings is 1. The van der Waals surface area contributed by atoms with E-state index in [2.05, 4.69) is 37.1 Å². The maximum absolute atomic E-state index is 5.79. The average molecular weight is 244 g/mol. The van der Waals surface area contributed by atoms with Crippen LogP contribution in [0.15, 0.2) is 28.9 Å². The van der Waals surface area contributed by atoms with Crippen LogP contribution in [-0.4, -0.2) is 25.0 Å². The lowest BCUT2D eigenvalue weighted by Crippen LogP contribution is -2.20. The van der Waals surface area contributed by atoms with Crippen LogP contribution in [0.4, 0.5) is 0 Å². The predicted octanol–water partition coefficient (Wildman–Crippen LogP) is 2.69. The fraction of sp³-hybridized carbons (Fsp3) is 0.467. The molecule has 1 fully saturated rings. The van der Waals surface area contributed by atoms with Gasteiger partial charge in [-0.25, -0.2) is 0 Å². The van der Waals surface area contributed by atoms with Gasteiger partial charge in [0.25, 0.3) is 0 Å². The van der Waals surface area contributed by atoms with Crippen LogP contribution in [0.3, 0.4) is 0 Å². The Balaban J connectivity index is 1.96. The van der Waals surface area contributed by atoms with Gasteiger partial charge in [-0.2, -0.15) is 0 Å². The molecule has 0 radical (unpaired) electrons. The van der Waals surface area contributed by atoms with Crippen molar-refractivity contribution >= 4 is 11.0 Å². The first kappa shape index (κ1) is 11.8. The highest BCUT2D eigenvalue weighted by Gasteiger charge is 2.29. The lowest BCUT2D eigenvalue weighted by molar-refractivity contribution is 0.314. The van der Waals surface area contributed by atoms with E-state index in [9.17, 15) is 0 Å². The largest absolute Gasteiger partial charge is 0.464 e. The van der Waals surface area contributed by atoms with Gasteiger partial charge in [-0.05, 0) is 56.1 Å². The number of nitrogens with two attached hydrogens (primary N) is 1. The Labute approximate surface area is 108 Å². The van der Waals surface area contributed by atoms with Crippen LogP contribution in [0.1, 0.15) is 23.6 Å². The summed E-state index contributed by atoms with van der Waals surface area (Å²) in [5.74, 6) is 0.626. The Bertz CT molecular complexity index is 561. The van der Waals surface area contributed by atoms with E-state index in [1.165, 1.54) is 16.5 Å². The third-order valence-corrected chi connectivity index (χ3v) is 4.14. The van der Waals surface area contributed by atoms with Crippen LogP contribution >= 0.6 is 0 Å². The van der Waals surface area contributed by atoms with Gasteiger partial charge >= 0.3 is 0 Å². The number of aryl methyl sites for hydroxylation is 1. The maximum atomic E-state index is 5.79. The van der Waals surface area contributed by atoms with Crippen molar-refractivity contribution in [1.29, 1.82) is 0 Å². The summed E-state index contributed by atoms with van der Waals surface area (Å²) in [6, 6.07) is 7.04. The molecule has 1 saturated heterocycles. The molecule has 1 aliphatic rings. The standard InChI is InChI=1S/C15H20N2O/c1-10-9-18-15-4-3-12(6-13(10)15)14-5-11(7-16)8-17(14)2/h3-4,6,9,11,14H,5,7-8,16H2,1-2H3. The highest BCUT2D eigenvalue weighted by atomic mass is 16.3. The number of nitrogens with zero attached hydrogens (tertiary/aromatic N) is 1. The van der Waals surface area contributed by atoms with E-state index in [1.807, 2.05) is 6.26 Å². The summed E-state index contributed by atoms with van der Waals surface area (Å²) in [6.07, 6.45) is 2.99. The topological polar surface area (TPSA) is 42.4 Å². The maximum Gasteiger partial charge on any atom is 0.134 e. The van der Waals surface area contributed by atoms with Gasteiger partial charge in [0.2, 0.25) is 0 Å². The van der Waals surface area contributed by atoms with Crippen molar-refractivity contribution in [1.82, 2.24) is 4.90 Å². The van der Waals surface area contributed by atoms with E-state index >= 15 is 0 Å². The van der Waals surface area contributed by atoms with Crippen molar-refractivity contribution in [2.24, 2.45) is 11.7 Å². The average Bonchev–Trinajstić information content (AvgIpc) is 2.93. The number of furan rings is 1. The number of hydrogen-bond acceptors (Lipinski definition) is 3. The number of likely N-dealkylation sites (tertiary alicyclic amines) is 1. The minimum absolute atomic E-state index is 0.497. The minimum atomic E-state index is 0.497. The Morgan fingerprint density at radius 2 is 2.28 bits per heavy atom. The first-order valence-corrected chi connectivity index (χ1v) is 6.57. The van der Waals surface area contributed by atoms with Gasteiger partial charge in [-0.15, -0.1) is 0 Å². The number of fused-ring (bicyclic) bond motifs is 1. The molecule has 0 saturated carbocycles. The molecule has 0 bridgehead atoms. The smallest absolute Gasteiger partial charge is 0.134 e. The third-order valence-electron chi connectivity index (χ3n) is 4.14. The molecule has 18 heavy (non-hydrogen) atoms. The first-order chi connectivity index (χ1) is 8.69. The molecule has 96 valence electrons. The van der Waals surface area contributed by atoms with Crippen molar-refractivity contribution < 1.29 is 4.42 Å². The summed E-state index contributed by atoms with van der Waals surface area (Å²) >= 11 is 0. The molecule has 2 aromatic rings. The van der Waals surface area contributed by atoms with E-state index in [1.54, 1.807) is 0 Å². The molecule has 0 amide bonds. The lowest BCUT2D eigenvalue weighted by Gasteiger charge is -2.19. The SMILES string of the molecule is Cc1coc2ccc(C3CC(CN)CN3C)cc12. The molecule has 0 aliphatic carbocycles. The Hall–Kier alpha value is -1.32. The second kappa shape index (κ2) is 4.41. The minimum Gasteiger partial charge on any atom is -0.464 e. The van der Waals surface area contributed by atoms with Crippen LogP contribution in [0.25, 0.3) is 11.0 Å². The monoisotopic (exact) mass is 244 g/mol. The fourth-order valence-corrected chi connectivity index (χ4v) is 3.05. The van der Waals surface area contributed by atoms with Gasteiger partial charge in [0, 0.05) is 18.0 Å². The summed E-state index contributed by atoms with van der Waals surface area (Å²) in [7, 11) is 2.19. The Morgan fingerprint density at radius 3 is 3.00 bits per heavy atom. The first-order valence-electron chi connectivity index (χ1n) is 6.57. The van der Waals surface area contributed by atoms with E-state index in [-0.39, 0.29) is 0 Å². The quantitative estimate of drug-likeness (QED) is 0.883. The zero-order valence-corrected chi connectivity index (χ0v) is 11.0. The number of hydrogen-bond donors (Lipinski definition) is 1. The van der Waals surface area contributed by atoms with Gasteiger partial charge in [0.1, 0.15) is 5.58 Å². The molecular formula is C15H20N2O. The molecule has 2 unspecified atom stereocenters. The summed E-state index contributed by atoms with van der Waals surface area (Å²) in [5, 5.41) is 1.23. The van der Waals surface area contributed by atoms with Crippen LogP contribution in [0.2, 0.25) is 0 Å². The zero-order chi connectivity index (χ0) is 12.7. The van der Waals surface area contributed by atoms with Crippen molar-refractivity contribution in [2.45, 2.75) is 19.4 Å². The summed E-state index contributed by atoms with van der Waals surface area (Å²) < 4.78 is 5.50. The second-order valence-electron chi connectivity index (χ2n) is 5.47. The Kier molecular flexibility index (Phi) is 2.88. The molecule has 3 nitrogen and oxygen atoms in total. The molecule has 2 N–H and O–H groups in total. The van der Waals surface area contributed by atoms with Crippen LogP contribution in [-0.2, 0) is 0 Å². The molecule has 3 rings (SSSR count). The molecule has 2 atom stereocenters. The zero-order valence-electron chi connectivity index (χ0n) is 11.0. The molecule has 1 aliphatic heterocycles. The molecule has 0 spiro atoms. The van der Waals surface area contributed by atoms with E-state index in [0.29, 0.717) is 12.0 Å². The summed E-state index contributed by atoms with van der Waals surface area (Å²) in [4.78, 5) is 2.41. The van der Waals surface area contributed by atoms with Gasteiger partial charge < -0.3 is 10.2 Å². The van der Waals surface area contributed by atoms with Crippen molar-refractivity contribution in [3.05, 3.63) is 35.6 Å². The fourth-order valence-electron chi connectivity index (χ4n) is 3.05. The van der Waals surface area contributed by atoms with Gasteiger partial charge in [-0.3, -0.25) is 4.90 Å². The van der Waals surface area contributed by atoms with E-state index in [0.717, 1.165) is 25.1 Å². The third kappa shape index (κ3) is 1.84. The van der Waals surface area contributed by atoms with Crippen LogP contribution in [0, 0.1) is 12.8 Å². The number of rotatable bonds is 2. The molecule has 1 aromatic carbocycles. The summed E-state index contributed by atoms with van der Waals surface area (Å²) in [5.41, 5.74) is 9.36. The van der Waals surface area contributed by atoms with Gasteiger partial charge in [0.05, 0.1) is 6.26 Å². The lowest BCUT2D eigenvalue weighted by atomic mass is 9.98. The highest BCUT2D eigenvalue weighted by Crippen LogP contribution is 2.35. The van der Waals surface area contributed by atoms with Crippen molar-refractivity contribution in [3.63, 3.8) is 0 Å². The van der Waals surface area contributed by atoms with E-state index < -0.39 is 0 Å². The van der Waals surface area contributed by atoms with Crippen LogP contribution in [0.5, 0.6) is 0 Å². The second-order valence-corrected chi connectivity index (χ2v) is 5.47. The highest BCUT2D eigenvalue weighted by molar-refractivity contribution is 5.81. The molecular weight excluding hydrogens is 224 g/mol. The van der Waals surface area contributed by atoms with E-state index in [4.69, 9.17) is 10.2 Å². The van der Waals surface area contributed by atoms with Gasteiger partial charge in [-0.1, -0.05) is 6.07 Å².